The van der Waals surface area contributed by atoms with E-state index in [0.29, 0.717) is 17.1 Å². The summed E-state index contributed by atoms with van der Waals surface area (Å²) < 4.78 is 15.9. The molecular formula is C21H30N2O6. The number of amides is 2. The smallest absolute Gasteiger partial charge is 0.410 e. The molecule has 0 bridgehead atoms. The van der Waals surface area contributed by atoms with Crippen molar-refractivity contribution in [1.29, 1.82) is 0 Å². The van der Waals surface area contributed by atoms with Crippen LogP contribution in [0.15, 0.2) is 18.2 Å². The number of rotatable bonds is 6. The SMILES string of the molecule is CC(C(=O)c1ccc2c(c1)OCO2)N(C)C(=O)OCC(C)(C)NC(=O)C(C)(C)C. The van der Waals surface area contributed by atoms with Crippen LogP contribution in [0.5, 0.6) is 11.5 Å². The molecule has 1 N–H and O–H groups in total. The molecule has 1 aromatic rings. The van der Waals surface area contributed by atoms with Crippen molar-refractivity contribution in [2.75, 3.05) is 20.4 Å². The van der Waals surface area contributed by atoms with Gasteiger partial charge in [-0.15, -0.1) is 0 Å². The fraction of sp³-hybridized carbons (Fsp3) is 0.571. The number of carbonyl (C=O) groups is 3. The molecule has 1 aliphatic heterocycles. The molecule has 1 heterocycles. The van der Waals surface area contributed by atoms with Crippen molar-refractivity contribution in [3.8, 4) is 11.5 Å². The molecule has 0 spiro atoms. The zero-order valence-corrected chi connectivity index (χ0v) is 18.1. The van der Waals surface area contributed by atoms with Crippen LogP contribution in [0.25, 0.3) is 0 Å². The first-order valence-electron chi connectivity index (χ1n) is 9.48. The number of Topliss-reactive ketones (excluding diaryl/α,β-unsaturated/α-hetero) is 1. The van der Waals surface area contributed by atoms with E-state index in [9.17, 15) is 14.4 Å². The Kier molecular flexibility index (Phi) is 6.45. The Morgan fingerprint density at radius 1 is 1.14 bits per heavy atom. The standard InChI is InChI=1S/C21H30N2O6/c1-13(17(24)14-8-9-15-16(10-14)29-12-28-15)23(7)19(26)27-11-21(5,6)22-18(25)20(2,3)4/h8-10,13H,11-12H2,1-7H3,(H,22,25). The van der Waals surface area contributed by atoms with Crippen molar-refractivity contribution in [1.82, 2.24) is 10.2 Å². The first-order valence-corrected chi connectivity index (χ1v) is 9.48. The van der Waals surface area contributed by atoms with Crippen molar-refractivity contribution in [3.63, 3.8) is 0 Å². The van der Waals surface area contributed by atoms with Gasteiger partial charge in [-0.1, -0.05) is 20.8 Å². The van der Waals surface area contributed by atoms with E-state index in [4.69, 9.17) is 14.2 Å². The lowest BCUT2D eigenvalue weighted by Gasteiger charge is -2.31. The summed E-state index contributed by atoms with van der Waals surface area (Å²) in [5.74, 6) is 0.701. The summed E-state index contributed by atoms with van der Waals surface area (Å²) in [6.07, 6.45) is -0.648. The highest BCUT2D eigenvalue weighted by Crippen LogP contribution is 2.33. The third-order valence-corrected chi connectivity index (χ3v) is 4.60. The van der Waals surface area contributed by atoms with Gasteiger partial charge in [-0.3, -0.25) is 9.59 Å². The molecule has 0 radical (unpaired) electrons. The number of nitrogens with zero attached hydrogens (tertiary/aromatic N) is 1. The summed E-state index contributed by atoms with van der Waals surface area (Å²) in [6.45, 7) is 10.7. The minimum atomic E-state index is -0.745. The van der Waals surface area contributed by atoms with Gasteiger partial charge in [0, 0.05) is 18.0 Å². The fourth-order valence-electron chi connectivity index (χ4n) is 2.50. The van der Waals surface area contributed by atoms with Gasteiger partial charge in [-0.25, -0.2) is 4.79 Å². The second-order valence-corrected chi connectivity index (χ2v) is 8.86. The average molecular weight is 406 g/mol. The molecular weight excluding hydrogens is 376 g/mol. The van der Waals surface area contributed by atoms with E-state index in [1.807, 2.05) is 20.8 Å². The van der Waals surface area contributed by atoms with Gasteiger partial charge in [0.1, 0.15) is 6.61 Å². The van der Waals surface area contributed by atoms with Crippen molar-refractivity contribution in [2.45, 2.75) is 53.1 Å². The lowest BCUT2D eigenvalue weighted by molar-refractivity contribution is -0.130. The Morgan fingerprint density at radius 3 is 2.38 bits per heavy atom. The van der Waals surface area contributed by atoms with Gasteiger partial charge < -0.3 is 24.4 Å². The van der Waals surface area contributed by atoms with Gasteiger partial charge in [0.2, 0.25) is 12.7 Å². The number of hydrogen-bond donors (Lipinski definition) is 1. The minimum absolute atomic E-state index is 0.0249. The number of ketones is 1. The van der Waals surface area contributed by atoms with Crippen molar-refractivity contribution in [3.05, 3.63) is 23.8 Å². The monoisotopic (exact) mass is 406 g/mol. The molecule has 0 aliphatic carbocycles. The number of carbonyl (C=O) groups excluding carboxylic acids is 3. The maximum atomic E-state index is 12.7. The zero-order chi connectivity index (χ0) is 22.0. The Bertz CT molecular complexity index is 797. The van der Waals surface area contributed by atoms with Crippen LogP contribution in [0, 0.1) is 5.41 Å². The number of nitrogens with one attached hydrogen (secondary N) is 1. The highest BCUT2D eigenvalue weighted by atomic mass is 16.7. The van der Waals surface area contributed by atoms with Gasteiger partial charge in [0.25, 0.3) is 0 Å². The van der Waals surface area contributed by atoms with Gasteiger partial charge in [-0.2, -0.15) is 0 Å². The van der Waals surface area contributed by atoms with Crippen molar-refractivity contribution >= 4 is 17.8 Å². The molecule has 8 nitrogen and oxygen atoms in total. The Hall–Kier alpha value is -2.77. The molecule has 2 rings (SSSR count). The number of likely N-dealkylation sites (N-methyl/N-ethyl adjacent to an activating group) is 1. The molecule has 8 heteroatoms. The number of hydrogen-bond acceptors (Lipinski definition) is 6. The predicted octanol–water partition coefficient (Wildman–Crippen LogP) is 3.00. The fourth-order valence-corrected chi connectivity index (χ4v) is 2.50. The summed E-state index contributed by atoms with van der Waals surface area (Å²) >= 11 is 0. The maximum absolute atomic E-state index is 12.7. The van der Waals surface area contributed by atoms with Crippen molar-refractivity contribution in [2.24, 2.45) is 5.41 Å². The van der Waals surface area contributed by atoms with Gasteiger partial charge in [0.05, 0.1) is 11.6 Å². The van der Waals surface area contributed by atoms with E-state index in [1.54, 1.807) is 39.0 Å². The normalized spacial score (nSPS) is 14.2. The summed E-state index contributed by atoms with van der Waals surface area (Å²) in [5.41, 5.74) is -0.881. The lowest BCUT2D eigenvalue weighted by Crippen LogP contribution is -2.52. The molecule has 1 aromatic carbocycles. The Balaban J connectivity index is 1.95. The number of benzene rings is 1. The van der Waals surface area contributed by atoms with Crippen LogP contribution in [0.3, 0.4) is 0 Å². The molecule has 0 saturated carbocycles. The predicted molar refractivity (Wildman–Crippen MR) is 107 cm³/mol. The summed E-state index contributed by atoms with van der Waals surface area (Å²) in [7, 11) is 1.50. The molecule has 160 valence electrons. The van der Waals surface area contributed by atoms with E-state index in [0.717, 1.165) is 0 Å². The van der Waals surface area contributed by atoms with Gasteiger partial charge >= 0.3 is 6.09 Å². The van der Waals surface area contributed by atoms with Gasteiger partial charge in [0.15, 0.2) is 17.3 Å². The third kappa shape index (κ3) is 5.62. The molecule has 29 heavy (non-hydrogen) atoms. The molecule has 1 aliphatic rings. The first-order chi connectivity index (χ1) is 13.3. The number of fused-ring (bicyclic) bond motifs is 1. The highest BCUT2D eigenvalue weighted by Gasteiger charge is 2.31. The Morgan fingerprint density at radius 2 is 1.76 bits per heavy atom. The second kappa shape index (κ2) is 8.31. The van der Waals surface area contributed by atoms with Crippen LogP contribution in [0.1, 0.15) is 51.9 Å². The Labute approximate surface area is 171 Å². The summed E-state index contributed by atoms with van der Waals surface area (Å²) in [6, 6.07) is 4.17. The molecule has 2 amide bonds. The van der Waals surface area contributed by atoms with Crippen LogP contribution < -0.4 is 14.8 Å². The largest absolute Gasteiger partial charge is 0.454 e. The summed E-state index contributed by atoms with van der Waals surface area (Å²) in [4.78, 5) is 38.6. The quantitative estimate of drug-likeness (QED) is 0.730. The third-order valence-electron chi connectivity index (χ3n) is 4.60. The van der Waals surface area contributed by atoms with E-state index < -0.39 is 23.1 Å². The zero-order valence-electron chi connectivity index (χ0n) is 18.1. The van der Waals surface area contributed by atoms with Crippen LogP contribution >= 0.6 is 0 Å². The maximum Gasteiger partial charge on any atom is 0.410 e. The summed E-state index contributed by atoms with van der Waals surface area (Å²) in [5, 5.41) is 2.86. The molecule has 0 aromatic heterocycles. The average Bonchev–Trinajstić information content (AvgIpc) is 3.11. The molecule has 0 fully saturated rings. The lowest BCUT2D eigenvalue weighted by atomic mass is 9.93. The van der Waals surface area contributed by atoms with E-state index >= 15 is 0 Å². The van der Waals surface area contributed by atoms with E-state index in [2.05, 4.69) is 5.32 Å². The first kappa shape index (κ1) is 22.5. The topological polar surface area (TPSA) is 94.2 Å². The second-order valence-electron chi connectivity index (χ2n) is 8.86. The minimum Gasteiger partial charge on any atom is -0.454 e. The number of ether oxygens (including phenoxy) is 3. The van der Waals surface area contributed by atoms with Crippen LogP contribution in [0.4, 0.5) is 4.79 Å². The molecule has 0 saturated heterocycles. The van der Waals surface area contributed by atoms with E-state index in [-0.39, 0.29) is 25.1 Å². The molecule has 1 unspecified atom stereocenters. The highest BCUT2D eigenvalue weighted by molar-refractivity contribution is 6.01. The van der Waals surface area contributed by atoms with Crippen LogP contribution in [-0.4, -0.2) is 54.7 Å². The molecule has 1 atom stereocenters. The van der Waals surface area contributed by atoms with Crippen LogP contribution in [0.2, 0.25) is 0 Å². The van der Waals surface area contributed by atoms with Gasteiger partial charge in [-0.05, 0) is 39.0 Å². The van der Waals surface area contributed by atoms with Crippen molar-refractivity contribution < 1.29 is 28.6 Å². The van der Waals surface area contributed by atoms with Crippen LogP contribution in [-0.2, 0) is 9.53 Å². The van der Waals surface area contributed by atoms with E-state index in [1.165, 1.54) is 11.9 Å².